The summed E-state index contributed by atoms with van der Waals surface area (Å²) in [5.74, 6) is 5.31. The van der Waals surface area contributed by atoms with Gasteiger partial charge in [0.15, 0.2) is 6.29 Å². The number of hydrogen-bond donors (Lipinski definition) is 0. The van der Waals surface area contributed by atoms with Gasteiger partial charge in [-0.15, -0.1) is 0 Å². The molecule has 0 aliphatic carbocycles. The molecule has 0 spiro atoms. The Morgan fingerprint density at radius 2 is 1.17 bits per heavy atom. The normalized spacial score (nSPS) is 9.83. The van der Waals surface area contributed by atoms with Gasteiger partial charge in [-0.3, -0.25) is 4.79 Å². The zero-order chi connectivity index (χ0) is 13.3. The van der Waals surface area contributed by atoms with Crippen molar-refractivity contribution >= 4 is 6.29 Å². The minimum absolute atomic E-state index is 0.681. The maximum atomic E-state index is 9.95. The molecule has 0 fully saturated rings. The first-order chi connectivity index (χ1) is 8.91. The third-order valence-electron chi connectivity index (χ3n) is 3.32. The van der Waals surface area contributed by atoms with Crippen molar-refractivity contribution in [3.63, 3.8) is 0 Å². The molecule has 0 rings (SSSR count). The van der Waals surface area contributed by atoms with Crippen LogP contribution in [0, 0.1) is 11.8 Å². The van der Waals surface area contributed by atoms with E-state index in [2.05, 4.69) is 18.8 Å². The van der Waals surface area contributed by atoms with Crippen LogP contribution < -0.4 is 0 Å². The van der Waals surface area contributed by atoms with Crippen LogP contribution in [0.2, 0.25) is 0 Å². The van der Waals surface area contributed by atoms with E-state index < -0.39 is 0 Å². The van der Waals surface area contributed by atoms with E-state index in [4.69, 9.17) is 0 Å². The molecule has 0 saturated carbocycles. The standard InChI is InChI=1S/C17H30O/c1-2-3-4-5-6-7-8-9-10-11-12-13-14-15-16-17-18/h17H,2-14H2,1H3. The Bertz CT molecular complexity index is 221. The minimum atomic E-state index is 0.681. The van der Waals surface area contributed by atoms with Crippen LogP contribution in [0.3, 0.4) is 0 Å². The average Bonchev–Trinajstić information content (AvgIpc) is 2.39. The lowest BCUT2D eigenvalue weighted by Crippen LogP contribution is -1.82. The first-order valence-corrected chi connectivity index (χ1v) is 7.84. The second-order valence-electron chi connectivity index (χ2n) is 5.08. The highest BCUT2D eigenvalue weighted by molar-refractivity contribution is 5.72. The molecule has 0 atom stereocenters. The van der Waals surface area contributed by atoms with E-state index in [1.54, 1.807) is 0 Å². The number of unbranched alkanes of at least 4 members (excludes halogenated alkanes) is 12. The van der Waals surface area contributed by atoms with Gasteiger partial charge in [0.1, 0.15) is 0 Å². The van der Waals surface area contributed by atoms with Crippen LogP contribution in [-0.2, 0) is 4.79 Å². The van der Waals surface area contributed by atoms with Gasteiger partial charge >= 0.3 is 0 Å². The van der Waals surface area contributed by atoms with E-state index in [9.17, 15) is 4.79 Å². The second-order valence-corrected chi connectivity index (χ2v) is 5.08. The highest BCUT2D eigenvalue weighted by Crippen LogP contribution is 2.12. The highest BCUT2D eigenvalue weighted by Gasteiger charge is 1.92. The van der Waals surface area contributed by atoms with Crippen molar-refractivity contribution in [1.82, 2.24) is 0 Å². The van der Waals surface area contributed by atoms with Crippen molar-refractivity contribution in [3.8, 4) is 11.8 Å². The average molecular weight is 250 g/mol. The molecule has 0 heterocycles. The zero-order valence-electron chi connectivity index (χ0n) is 12.2. The lowest BCUT2D eigenvalue weighted by atomic mass is 10.0. The van der Waals surface area contributed by atoms with E-state index in [0.29, 0.717) is 6.29 Å². The molecule has 0 unspecified atom stereocenters. The van der Waals surface area contributed by atoms with Crippen molar-refractivity contribution in [2.75, 3.05) is 0 Å². The van der Waals surface area contributed by atoms with Gasteiger partial charge in [-0.05, 0) is 12.3 Å². The number of aldehydes is 1. The first kappa shape index (κ1) is 17.2. The fraction of sp³-hybridized carbons (Fsp3) is 0.824. The van der Waals surface area contributed by atoms with Crippen LogP contribution in [-0.4, -0.2) is 6.29 Å². The Kier molecular flexibility index (Phi) is 15.5. The molecular weight excluding hydrogens is 220 g/mol. The van der Waals surface area contributed by atoms with Crippen molar-refractivity contribution in [2.24, 2.45) is 0 Å². The summed E-state index contributed by atoms with van der Waals surface area (Å²) in [6.07, 6.45) is 18.0. The molecule has 0 saturated heterocycles. The highest BCUT2D eigenvalue weighted by atomic mass is 16.1. The van der Waals surface area contributed by atoms with E-state index in [-0.39, 0.29) is 0 Å². The van der Waals surface area contributed by atoms with Crippen LogP contribution >= 0.6 is 0 Å². The summed E-state index contributed by atoms with van der Waals surface area (Å²) in [4.78, 5) is 9.95. The Balaban J connectivity index is 2.96. The van der Waals surface area contributed by atoms with Gasteiger partial charge in [0.05, 0.1) is 0 Å². The van der Waals surface area contributed by atoms with E-state index in [1.165, 1.54) is 70.6 Å². The summed E-state index contributed by atoms with van der Waals surface area (Å²) < 4.78 is 0. The molecule has 1 nitrogen and oxygen atoms in total. The molecule has 1 heteroatoms. The number of hydrogen-bond acceptors (Lipinski definition) is 1. The minimum Gasteiger partial charge on any atom is -0.289 e. The van der Waals surface area contributed by atoms with Crippen LogP contribution in [0.4, 0.5) is 0 Å². The molecule has 104 valence electrons. The largest absolute Gasteiger partial charge is 0.289 e. The Hall–Kier alpha value is -0.770. The van der Waals surface area contributed by atoms with Crippen LogP contribution in [0.15, 0.2) is 0 Å². The SMILES string of the molecule is CCCCCCCCCCCCCCC#CC=O. The van der Waals surface area contributed by atoms with Crippen molar-refractivity contribution in [3.05, 3.63) is 0 Å². The van der Waals surface area contributed by atoms with Gasteiger partial charge in [-0.25, -0.2) is 0 Å². The Morgan fingerprint density at radius 3 is 1.61 bits per heavy atom. The Morgan fingerprint density at radius 1 is 0.722 bits per heavy atom. The summed E-state index contributed by atoms with van der Waals surface area (Å²) in [7, 11) is 0. The van der Waals surface area contributed by atoms with Crippen LogP contribution in [0.1, 0.15) is 90.4 Å². The second kappa shape index (κ2) is 16.2. The van der Waals surface area contributed by atoms with Crippen LogP contribution in [0.25, 0.3) is 0 Å². The lowest BCUT2D eigenvalue weighted by Gasteiger charge is -2.01. The molecule has 0 aromatic heterocycles. The van der Waals surface area contributed by atoms with E-state index in [0.717, 1.165) is 12.8 Å². The lowest BCUT2D eigenvalue weighted by molar-refractivity contribution is -0.103. The molecule has 0 aliphatic rings. The Labute approximate surface area is 114 Å². The van der Waals surface area contributed by atoms with Gasteiger partial charge in [-0.1, -0.05) is 83.5 Å². The summed E-state index contributed by atoms with van der Waals surface area (Å²) >= 11 is 0. The number of carbonyl (C=O) groups is 1. The van der Waals surface area contributed by atoms with Gasteiger partial charge in [0.25, 0.3) is 0 Å². The molecule has 0 N–H and O–H groups in total. The third-order valence-corrected chi connectivity index (χ3v) is 3.32. The molecule has 0 amide bonds. The van der Waals surface area contributed by atoms with Crippen molar-refractivity contribution in [1.29, 1.82) is 0 Å². The molecule has 0 aromatic carbocycles. The van der Waals surface area contributed by atoms with Gasteiger partial charge in [-0.2, -0.15) is 0 Å². The van der Waals surface area contributed by atoms with Crippen molar-refractivity contribution < 1.29 is 4.79 Å². The summed E-state index contributed by atoms with van der Waals surface area (Å²) in [5, 5.41) is 0. The first-order valence-electron chi connectivity index (χ1n) is 7.84. The summed E-state index contributed by atoms with van der Waals surface area (Å²) in [6.45, 7) is 2.27. The van der Waals surface area contributed by atoms with Gasteiger partial charge in [0.2, 0.25) is 0 Å². The number of carbonyl (C=O) groups excluding carboxylic acids is 1. The maximum absolute atomic E-state index is 9.95. The van der Waals surface area contributed by atoms with Crippen molar-refractivity contribution in [2.45, 2.75) is 90.4 Å². The summed E-state index contributed by atoms with van der Waals surface area (Å²) in [6, 6.07) is 0. The van der Waals surface area contributed by atoms with E-state index >= 15 is 0 Å². The van der Waals surface area contributed by atoms with E-state index in [1.807, 2.05) is 0 Å². The maximum Gasteiger partial charge on any atom is 0.192 e. The predicted octanol–water partition coefficient (Wildman–Crippen LogP) is 5.28. The third kappa shape index (κ3) is 15.2. The molecular formula is C17H30O. The fourth-order valence-corrected chi connectivity index (χ4v) is 2.17. The monoisotopic (exact) mass is 250 g/mol. The topological polar surface area (TPSA) is 17.1 Å². The summed E-state index contributed by atoms with van der Waals surface area (Å²) in [5.41, 5.74) is 0. The predicted molar refractivity (Wildman–Crippen MR) is 79.5 cm³/mol. The van der Waals surface area contributed by atoms with Gasteiger partial charge in [0, 0.05) is 6.42 Å². The number of rotatable bonds is 12. The smallest absolute Gasteiger partial charge is 0.192 e. The molecule has 0 radical (unpaired) electrons. The van der Waals surface area contributed by atoms with Gasteiger partial charge < -0.3 is 0 Å². The quantitative estimate of drug-likeness (QED) is 0.262. The van der Waals surface area contributed by atoms with Crippen LogP contribution in [0.5, 0.6) is 0 Å². The fourth-order valence-electron chi connectivity index (χ4n) is 2.17. The zero-order valence-corrected chi connectivity index (χ0v) is 12.2. The molecule has 0 bridgehead atoms. The molecule has 18 heavy (non-hydrogen) atoms. The molecule has 0 aliphatic heterocycles. The molecule has 0 aromatic rings.